The van der Waals surface area contributed by atoms with Gasteiger partial charge in [0.15, 0.2) is 5.82 Å². The molecule has 0 spiro atoms. The van der Waals surface area contributed by atoms with E-state index in [1.807, 2.05) is 36.4 Å². The van der Waals surface area contributed by atoms with Crippen LogP contribution >= 0.6 is 0 Å². The molecule has 1 aliphatic heterocycles. The van der Waals surface area contributed by atoms with Crippen molar-refractivity contribution in [3.05, 3.63) is 66.5 Å². The molecule has 1 unspecified atom stereocenters. The lowest BCUT2D eigenvalue weighted by atomic mass is 9.97. The summed E-state index contributed by atoms with van der Waals surface area (Å²) in [6.45, 7) is 7.62. The summed E-state index contributed by atoms with van der Waals surface area (Å²) in [5, 5.41) is 11.7. The number of amides is 1. The highest BCUT2D eigenvalue weighted by molar-refractivity contribution is 5.93. The fourth-order valence-electron chi connectivity index (χ4n) is 4.26. The van der Waals surface area contributed by atoms with Crippen LogP contribution in [0.25, 0.3) is 11.3 Å². The van der Waals surface area contributed by atoms with Gasteiger partial charge in [0.05, 0.1) is 11.6 Å². The second-order valence-corrected chi connectivity index (χ2v) is 8.28. The molecule has 1 amide bonds. The summed E-state index contributed by atoms with van der Waals surface area (Å²) in [6.07, 6.45) is 1.77. The molecule has 2 aromatic carbocycles. The average Bonchev–Trinajstić information content (AvgIpc) is 2.86. The van der Waals surface area contributed by atoms with E-state index >= 15 is 0 Å². The molecule has 1 aromatic heterocycles. The van der Waals surface area contributed by atoms with E-state index in [9.17, 15) is 9.18 Å². The minimum absolute atomic E-state index is 0.0335. The molecular formula is C26H30FN5O. The lowest BCUT2D eigenvalue weighted by Crippen LogP contribution is -2.41. The third kappa shape index (κ3) is 5.48. The first-order chi connectivity index (χ1) is 16.1. The molecule has 1 fully saturated rings. The van der Waals surface area contributed by atoms with Crippen LogP contribution in [0.1, 0.15) is 26.7 Å². The molecule has 1 aliphatic rings. The number of hydrogen-bond acceptors (Lipinski definition) is 5. The van der Waals surface area contributed by atoms with Crippen LogP contribution in [0.5, 0.6) is 0 Å². The Kier molecular flexibility index (Phi) is 7.17. The number of rotatable bonds is 7. The molecule has 172 valence electrons. The van der Waals surface area contributed by atoms with Crippen LogP contribution in [0.3, 0.4) is 0 Å². The number of aromatic nitrogens is 2. The highest BCUT2D eigenvalue weighted by Crippen LogP contribution is 2.25. The Bertz CT molecular complexity index is 1050. The van der Waals surface area contributed by atoms with E-state index in [2.05, 4.69) is 39.2 Å². The van der Waals surface area contributed by atoms with Gasteiger partial charge in [-0.1, -0.05) is 0 Å². The normalized spacial score (nSPS) is 15.8. The summed E-state index contributed by atoms with van der Waals surface area (Å²) >= 11 is 0. The van der Waals surface area contributed by atoms with Gasteiger partial charge >= 0.3 is 0 Å². The predicted molar refractivity (Wildman–Crippen MR) is 131 cm³/mol. The van der Waals surface area contributed by atoms with Crippen LogP contribution < -0.4 is 15.1 Å². The largest absolute Gasteiger partial charge is 0.372 e. The van der Waals surface area contributed by atoms with E-state index in [1.165, 1.54) is 12.1 Å². The van der Waals surface area contributed by atoms with Crippen LogP contribution in [0.2, 0.25) is 0 Å². The summed E-state index contributed by atoms with van der Waals surface area (Å²) in [5.41, 5.74) is 3.48. The number of nitrogens with zero attached hydrogens (tertiary/aromatic N) is 4. The molecule has 6 nitrogen and oxygen atoms in total. The third-order valence-electron chi connectivity index (χ3n) is 6.17. The molecule has 0 bridgehead atoms. The molecule has 1 saturated heterocycles. The Morgan fingerprint density at radius 1 is 1.03 bits per heavy atom. The summed E-state index contributed by atoms with van der Waals surface area (Å²) in [4.78, 5) is 17.3. The van der Waals surface area contributed by atoms with Gasteiger partial charge in [-0.25, -0.2) is 4.39 Å². The highest BCUT2D eigenvalue weighted by atomic mass is 19.1. The van der Waals surface area contributed by atoms with Gasteiger partial charge < -0.3 is 15.1 Å². The van der Waals surface area contributed by atoms with Gasteiger partial charge in [-0.05, 0) is 87.4 Å². The van der Waals surface area contributed by atoms with E-state index in [1.54, 1.807) is 12.1 Å². The van der Waals surface area contributed by atoms with Gasteiger partial charge in [-0.2, -0.15) is 0 Å². The average molecular weight is 448 g/mol. The minimum Gasteiger partial charge on any atom is -0.372 e. The number of anilines is 3. The Balaban J connectivity index is 1.37. The van der Waals surface area contributed by atoms with Crippen molar-refractivity contribution in [1.82, 2.24) is 10.2 Å². The van der Waals surface area contributed by atoms with Crippen molar-refractivity contribution in [3.8, 4) is 11.3 Å². The standard InChI is InChI=1S/C26H30FN5O/c1-3-31(4-2)23-13-11-22(12-14-23)28-26(33)20-6-5-17-32(18-20)25-16-15-24(29-30-25)19-7-9-21(27)10-8-19/h7-16,20H,3-6,17-18H2,1-2H3,(H,28,33). The van der Waals surface area contributed by atoms with Crippen LogP contribution in [0.15, 0.2) is 60.7 Å². The first-order valence-corrected chi connectivity index (χ1v) is 11.6. The monoisotopic (exact) mass is 447 g/mol. The fourth-order valence-corrected chi connectivity index (χ4v) is 4.26. The second kappa shape index (κ2) is 10.4. The third-order valence-corrected chi connectivity index (χ3v) is 6.17. The lowest BCUT2D eigenvalue weighted by Gasteiger charge is -2.32. The molecule has 7 heteroatoms. The van der Waals surface area contributed by atoms with Crippen molar-refractivity contribution in [1.29, 1.82) is 0 Å². The van der Waals surface area contributed by atoms with E-state index in [0.29, 0.717) is 12.2 Å². The van der Waals surface area contributed by atoms with E-state index in [-0.39, 0.29) is 17.6 Å². The lowest BCUT2D eigenvalue weighted by molar-refractivity contribution is -0.120. The summed E-state index contributed by atoms with van der Waals surface area (Å²) in [6, 6.07) is 18.0. The smallest absolute Gasteiger partial charge is 0.229 e. The van der Waals surface area contributed by atoms with Gasteiger partial charge in [0.25, 0.3) is 0 Å². The van der Waals surface area contributed by atoms with Crippen LogP contribution in [0.4, 0.5) is 21.6 Å². The minimum atomic E-state index is -0.277. The van der Waals surface area contributed by atoms with Crippen molar-refractivity contribution in [2.24, 2.45) is 5.92 Å². The van der Waals surface area contributed by atoms with Gasteiger partial charge in [0.2, 0.25) is 5.91 Å². The van der Waals surface area contributed by atoms with E-state index in [0.717, 1.165) is 55.2 Å². The molecule has 1 atom stereocenters. The molecule has 1 N–H and O–H groups in total. The quantitative estimate of drug-likeness (QED) is 0.553. The van der Waals surface area contributed by atoms with Crippen LogP contribution in [-0.4, -0.2) is 42.3 Å². The zero-order valence-electron chi connectivity index (χ0n) is 19.2. The first kappa shape index (κ1) is 22.7. The molecule has 3 aromatic rings. The van der Waals surface area contributed by atoms with Gasteiger partial charge in [0, 0.05) is 43.1 Å². The summed E-state index contributed by atoms with van der Waals surface area (Å²) in [7, 11) is 0. The Morgan fingerprint density at radius 3 is 2.39 bits per heavy atom. The van der Waals surface area contributed by atoms with Crippen LogP contribution in [-0.2, 0) is 4.79 Å². The van der Waals surface area contributed by atoms with E-state index < -0.39 is 0 Å². The fraction of sp³-hybridized carbons (Fsp3) is 0.346. The van der Waals surface area contributed by atoms with Crippen molar-refractivity contribution >= 4 is 23.1 Å². The van der Waals surface area contributed by atoms with Gasteiger partial charge in [-0.3, -0.25) is 4.79 Å². The highest BCUT2D eigenvalue weighted by Gasteiger charge is 2.27. The zero-order chi connectivity index (χ0) is 23.2. The van der Waals surface area contributed by atoms with Gasteiger partial charge in [0.1, 0.15) is 5.82 Å². The maximum absolute atomic E-state index is 13.2. The Morgan fingerprint density at radius 2 is 1.76 bits per heavy atom. The molecule has 4 rings (SSSR count). The van der Waals surface area contributed by atoms with Crippen molar-refractivity contribution < 1.29 is 9.18 Å². The van der Waals surface area contributed by atoms with Crippen molar-refractivity contribution in [2.75, 3.05) is 41.3 Å². The first-order valence-electron chi connectivity index (χ1n) is 11.6. The topological polar surface area (TPSA) is 61.4 Å². The number of halogens is 1. The molecule has 0 saturated carbocycles. The summed E-state index contributed by atoms with van der Waals surface area (Å²) in [5.74, 6) is 0.397. The Hall–Kier alpha value is -3.48. The van der Waals surface area contributed by atoms with E-state index in [4.69, 9.17) is 0 Å². The zero-order valence-corrected chi connectivity index (χ0v) is 19.2. The summed E-state index contributed by atoms with van der Waals surface area (Å²) < 4.78 is 13.2. The maximum Gasteiger partial charge on any atom is 0.229 e. The predicted octanol–water partition coefficient (Wildman–Crippen LogP) is 4.98. The number of hydrogen-bond donors (Lipinski definition) is 1. The Labute approximate surface area is 194 Å². The number of piperidine rings is 1. The second-order valence-electron chi connectivity index (χ2n) is 8.28. The number of carbonyl (C=O) groups excluding carboxylic acids is 1. The molecule has 0 radical (unpaired) electrons. The molecular weight excluding hydrogens is 417 g/mol. The molecule has 2 heterocycles. The number of carbonyl (C=O) groups is 1. The molecule has 0 aliphatic carbocycles. The van der Waals surface area contributed by atoms with Crippen molar-refractivity contribution in [2.45, 2.75) is 26.7 Å². The number of benzene rings is 2. The SMILES string of the molecule is CCN(CC)c1ccc(NC(=O)C2CCCN(c3ccc(-c4ccc(F)cc4)nn3)C2)cc1. The maximum atomic E-state index is 13.2. The molecule has 33 heavy (non-hydrogen) atoms. The number of nitrogens with one attached hydrogen (secondary N) is 1. The van der Waals surface area contributed by atoms with Crippen molar-refractivity contribution in [3.63, 3.8) is 0 Å². The van der Waals surface area contributed by atoms with Gasteiger partial charge in [-0.15, -0.1) is 10.2 Å². The van der Waals surface area contributed by atoms with Crippen LogP contribution in [0, 0.1) is 11.7 Å².